The van der Waals surface area contributed by atoms with Crippen molar-refractivity contribution in [3.05, 3.63) is 0 Å². The van der Waals surface area contributed by atoms with Crippen LogP contribution < -0.4 is 5.32 Å². The minimum Gasteiger partial charge on any atom is -0.338 e. The molecule has 0 radical (unpaired) electrons. The molecule has 0 aromatic rings. The largest absolute Gasteiger partial charge is 0.338 e. The maximum absolute atomic E-state index is 11.8. The molecule has 1 N–H and O–H groups in total. The number of hydrogen-bond donors (Lipinski definition) is 1. The van der Waals surface area contributed by atoms with E-state index in [0.717, 1.165) is 32.5 Å². The van der Waals surface area contributed by atoms with Gasteiger partial charge in [-0.05, 0) is 29.6 Å². The number of amides is 2. The summed E-state index contributed by atoms with van der Waals surface area (Å²) in [6.07, 6.45) is 2.32. The molecule has 1 aliphatic heterocycles. The third-order valence-electron chi connectivity index (χ3n) is 5.17. The van der Waals surface area contributed by atoms with Crippen LogP contribution in [0.3, 0.4) is 0 Å². The summed E-state index contributed by atoms with van der Waals surface area (Å²) in [6, 6.07) is 0.135. The summed E-state index contributed by atoms with van der Waals surface area (Å²) in [5.74, 6) is 0.617. The third kappa shape index (κ3) is 1.70. The molecule has 0 unspecified atom stereocenters. The van der Waals surface area contributed by atoms with Crippen LogP contribution in [0.25, 0.3) is 0 Å². The van der Waals surface area contributed by atoms with Gasteiger partial charge in [0.15, 0.2) is 0 Å². The fourth-order valence-corrected chi connectivity index (χ4v) is 3.06. The Labute approximate surface area is 98.6 Å². The van der Waals surface area contributed by atoms with Gasteiger partial charge in [0.05, 0.1) is 0 Å². The highest BCUT2D eigenvalue weighted by molar-refractivity contribution is 5.74. The Kier molecular flexibility index (Phi) is 2.67. The number of nitrogens with one attached hydrogen (secondary N) is 1. The van der Waals surface area contributed by atoms with Crippen LogP contribution in [0.4, 0.5) is 4.79 Å². The van der Waals surface area contributed by atoms with E-state index in [4.69, 9.17) is 0 Å². The van der Waals surface area contributed by atoms with Gasteiger partial charge in [-0.3, -0.25) is 0 Å². The van der Waals surface area contributed by atoms with Gasteiger partial charge in [-0.1, -0.05) is 27.7 Å². The third-order valence-corrected chi connectivity index (χ3v) is 5.17. The molecule has 3 nitrogen and oxygen atoms in total. The van der Waals surface area contributed by atoms with E-state index >= 15 is 0 Å². The van der Waals surface area contributed by atoms with Crippen LogP contribution in [0.15, 0.2) is 0 Å². The van der Waals surface area contributed by atoms with E-state index in [1.807, 2.05) is 4.90 Å². The highest BCUT2D eigenvalue weighted by Crippen LogP contribution is 2.67. The lowest BCUT2D eigenvalue weighted by atomic mass is 10.0. The molecule has 16 heavy (non-hydrogen) atoms. The average Bonchev–Trinajstić information content (AvgIpc) is 2.66. The van der Waals surface area contributed by atoms with Gasteiger partial charge in [0.25, 0.3) is 0 Å². The minimum absolute atomic E-state index is 0.135. The molecular formula is C13H24N2O. The topological polar surface area (TPSA) is 32.3 Å². The molecule has 0 atom stereocenters. The first-order valence-corrected chi connectivity index (χ1v) is 6.40. The van der Waals surface area contributed by atoms with E-state index in [-0.39, 0.29) is 6.03 Å². The molecule has 2 aliphatic rings. The van der Waals surface area contributed by atoms with Gasteiger partial charge in [-0.2, -0.15) is 0 Å². The minimum atomic E-state index is 0.135. The van der Waals surface area contributed by atoms with E-state index in [2.05, 4.69) is 33.0 Å². The molecule has 1 saturated heterocycles. The van der Waals surface area contributed by atoms with Gasteiger partial charge in [0.1, 0.15) is 0 Å². The standard InChI is InChI=1S/C13H24N2O/c1-12(2)10(13(12,3)4)9-14-11(16)15-7-5-6-8-15/h10H,5-9H2,1-4H3,(H,14,16). The van der Waals surface area contributed by atoms with Gasteiger partial charge >= 0.3 is 6.03 Å². The molecule has 0 bridgehead atoms. The molecular weight excluding hydrogens is 200 g/mol. The molecule has 92 valence electrons. The van der Waals surface area contributed by atoms with Crippen molar-refractivity contribution >= 4 is 6.03 Å². The van der Waals surface area contributed by atoms with Crippen molar-refractivity contribution in [1.29, 1.82) is 0 Å². The molecule has 3 heteroatoms. The van der Waals surface area contributed by atoms with Crippen LogP contribution in [0.5, 0.6) is 0 Å². The molecule has 1 saturated carbocycles. The summed E-state index contributed by atoms with van der Waals surface area (Å²) >= 11 is 0. The SMILES string of the molecule is CC1(C)C(CNC(=O)N2CCCC2)C1(C)C. The first-order chi connectivity index (χ1) is 7.37. The summed E-state index contributed by atoms with van der Waals surface area (Å²) in [6.45, 7) is 11.9. The first-order valence-electron chi connectivity index (χ1n) is 6.40. The lowest BCUT2D eigenvalue weighted by molar-refractivity contribution is 0.207. The molecule has 1 aliphatic carbocycles. The van der Waals surface area contributed by atoms with E-state index in [0.29, 0.717) is 16.7 Å². The molecule has 2 fully saturated rings. The van der Waals surface area contributed by atoms with Crippen molar-refractivity contribution in [1.82, 2.24) is 10.2 Å². The molecule has 2 rings (SSSR count). The Morgan fingerprint density at radius 2 is 1.69 bits per heavy atom. The summed E-state index contributed by atoms with van der Waals surface area (Å²) in [5, 5.41) is 3.08. The Hall–Kier alpha value is -0.730. The van der Waals surface area contributed by atoms with Crippen molar-refractivity contribution in [2.24, 2.45) is 16.7 Å². The van der Waals surface area contributed by atoms with Crippen LogP contribution >= 0.6 is 0 Å². The van der Waals surface area contributed by atoms with Crippen LogP contribution in [0.2, 0.25) is 0 Å². The van der Waals surface area contributed by atoms with Crippen molar-refractivity contribution in [2.45, 2.75) is 40.5 Å². The highest BCUT2D eigenvalue weighted by atomic mass is 16.2. The number of nitrogens with zero attached hydrogens (tertiary/aromatic N) is 1. The number of likely N-dealkylation sites (tertiary alicyclic amines) is 1. The quantitative estimate of drug-likeness (QED) is 0.768. The summed E-state index contributed by atoms with van der Waals surface area (Å²) < 4.78 is 0. The second kappa shape index (κ2) is 3.64. The number of carbonyl (C=O) groups is 1. The Morgan fingerprint density at radius 1 is 1.19 bits per heavy atom. The Balaban J connectivity index is 1.79. The maximum Gasteiger partial charge on any atom is 0.317 e. The fraction of sp³-hybridized carbons (Fsp3) is 0.923. The van der Waals surface area contributed by atoms with Crippen molar-refractivity contribution < 1.29 is 4.79 Å². The van der Waals surface area contributed by atoms with Gasteiger partial charge in [0, 0.05) is 19.6 Å². The Morgan fingerprint density at radius 3 is 2.12 bits per heavy atom. The number of hydrogen-bond acceptors (Lipinski definition) is 1. The van der Waals surface area contributed by atoms with Crippen molar-refractivity contribution in [3.63, 3.8) is 0 Å². The zero-order valence-electron chi connectivity index (χ0n) is 11.0. The van der Waals surface area contributed by atoms with E-state index < -0.39 is 0 Å². The molecule has 1 heterocycles. The number of rotatable bonds is 2. The van der Waals surface area contributed by atoms with Crippen LogP contribution in [-0.2, 0) is 0 Å². The summed E-state index contributed by atoms with van der Waals surface area (Å²) in [7, 11) is 0. The lowest BCUT2D eigenvalue weighted by Crippen LogP contribution is -2.39. The second-order valence-electron chi connectivity index (χ2n) is 6.38. The van der Waals surface area contributed by atoms with Gasteiger partial charge < -0.3 is 10.2 Å². The Bertz CT molecular complexity index is 276. The zero-order chi connectivity index (χ0) is 12.0. The van der Waals surface area contributed by atoms with Crippen LogP contribution in [0, 0.1) is 16.7 Å². The second-order valence-corrected chi connectivity index (χ2v) is 6.38. The number of carbonyl (C=O) groups excluding carboxylic acids is 1. The molecule has 0 spiro atoms. The predicted octanol–water partition coefficient (Wildman–Crippen LogP) is 2.47. The van der Waals surface area contributed by atoms with E-state index in [9.17, 15) is 4.79 Å². The van der Waals surface area contributed by atoms with Crippen molar-refractivity contribution in [3.8, 4) is 0 Å². The average molecular weight is 224 g/mol. The monoisotopic (exact) mass is 224 g/mol. The molecule has 0 aromatic heterocycles. The fourth-order valence-electron chi connectivity index (χ4n) is 3.06. The highest BCUT2D eigenvalue weighted by Gasteiger charge is 2.64. The predicted molar refractivity (Wildman–Crippen MR) is 65.3 cm³/mol. The lowest BCUT2D eigenvalue weighted by Gasteiger charge is -2.16. The smallest absolute Gasteiger partial charge is 0.317 e. The van der Waals surface area contributed by atoms with Gasteiger partial charge in [-0.15, -0.1) is 0 Å². The maximum atomic E-state index is 11.8. The normalized spacial score (nSPS) is 26.9. The van der Waals surface area contributed by atoms with Crippen LogP contribution in [0.1, 0.15) is 40.5 Å². The van der Waals surface area contributed by atoms with Gasteiger partial charge in [-0.25, -0.2) is 4.79 Å². The summed E-state index contributed by atoms with van der Waals surface area (Å²) in [5.41, 5.74) is 0.733. The van der Waals surface area contributed by atoms with E-state index in [1.165, 1.54) is 0 Å². The summed E-state index contributed by atoms with van der Waals surface area (Å²) in [4.78, 5) is 13.7. The van der Waals surface area contributed by atoms with Gasteiger partial charge in [0.2, 0.25) is 0 Å². The first kappa shape index (κ1) is 11.7. The van der Waals surface area contributed by atoms with Crippen molar-refractivity contribution in [2.75, 3.05) is 19.6 Å². The molecule has 0 aromatic carbocycles. The zero-order valence-corrected chi connectivity index (χ0v) is 11.0. The van der Waals surface area contributed by atoms with E-state index in [1.54, 1.807) is 0 Å². The number of urea groups is 1. The van der Waals surface area contributed by atoms with Crippen LogP contribution in [-0.4, -0.2) is 30.6 Å². The molecule has 2 amide bonds.